The van der Waals surface area contributed by atoms with Crippen molar-refractivity contribution >= 4 is 5.97 Å². The van der Waals surface area contributed by atoms with Crippen LogP contribution in [0.15, 0.2) is 0 Å². The molecule has 0 aromatic carbocycles. The summed E-state index contributed by atoms with van der Waals surface area (Å²) in [6, 6.07) is 0. The fourth-order valence-electron chi connectivity index (χ4n) is 0.212. The highest BCUT2D eigenvalue weighted by Crippen LogP contribution is 1.64. The lowest BCUT2D eigenvalue weighted by molar-refractivity contribution is -0.148. The van der Waals surface area contributed by atoms with Crippen LogP contribution >= 0.6 is 0 Å². The van der Waals surface area contributed by atoms with E-state index < -0.39 is 0 Å². The lowest BCUT2D eigenvalue weighted by Gasteiger charge is -1.98. The van der Waals surface area contributed by atoms with Gasteiger partial charge in [0.25, 0.3) is 0 Å². The highest BCUT2D eigenvalue weighted by molar-refractivity contribution is 5.65. The van der Waals surface area contributed by atoms with Gasteiger partial charge in [-0.1, -0.05) is 0 Å². The van der Waals surface area contributed by atoms with E-state index in [1.165, 1.54) is 6.92 Å². The summed E-state index contributed by atoms with van der Waals surface area (Å²) in [6.45, 7) is 2.29. The molecule has 3 N–H and O–H groups in total. The lowest BCUT2D eigenvalue weighted by atomic mass is 10.7. The molecule has 0 unspecified atom stereocenters. The minimum absolute atomic E-state index is 0.349. The molecule has 48 valence electrons. The average Bonchev–Trinajstić information content (AvgIpc) is 1.66. The van der Waals surface area contributed by atoms with Crippen molar-refractivity contribution in [3.63, 3.8) is 0 Å². The van der Waals surface area contributed by atoms with Gasteiger partial charge in [0, 0.05) is 20.0 Å². The normalized spacial score (nSPS) is 8.75. The standard InChI is InChI=1S/C4H10N2O2/c1-4(7)8-6-3-2-5/h6H,2-3,5H2,1H3. The summed E-state index contributed by atoms with van der Waals surface area (Å²) in [5, 5.41) is 0. The average molecular weight is 118 g/mol. The van der Waals surface area contributed by atoms with Crippen LogP contribution < -0.4 is 11.2 Å². The number of hydrogen-bond acceptors (Lipinski definition) is 4. The smallest absolute Gasteiger partial charge is 0.321 e. The number of carbonyl (C=O) groups is 1. The molecule has 4 heteroatoms. The molecule has 8 heavy (non-hydrogen) atoms. The first-order chi connectivity index (χ1) is 3.77. The molecule has 0 fully saturated rings. The Morgan fingerprint density at radius 1 is 1.88 bits per heavy atom. The van der Waals surface area contributed by atoms with E-state index in [1.54, 1.807) is 0 Å². The van der Waals surface area contributed by atoms with Crippen molar-refractivity contribution in [3.8, 4) is 0 Å². The van der Waals surface area contributed by atoms with Crippen LogP contribution in [-0.2, 0) is 9.63 Å². The zero-order valence-corrected chi connectivity index (χ0v) is 4.81. The molecule has 0 saturated heterocycles. The number of nitrogens with two attached hydrogens (primary N) is 1. The maximum absolute atomic E-state index is 9.99. The molecule has 0 heterocycles. The van der Waals surface area contributed by atoms with E-state index in [9.17, 15) is 4.79 Å². The predicted molar refractivity (Wildman–Crippen MR) is 28.8 cm³/mol. The predicted octanol–water partition coefficient (Wildman–Crippen LogP) is -0.987. The molecule has 0 aliphatic heterocycles. The van der Waals surface area contributed by atoms with Crippen LogP contribution in [0.5, 0.6) is 0 Å². The first kappa shape index (κ1) is 7.39. The van der Waals surface area contributed by atoms with E-state index in [1.807, 2.05) is 0 Å². The van der Waals surface area contributed by atoms with Crippen LogP contribution in [-0.4, -0.2) is 19.1 Å². The summed E-state index contributed by atoms with van der Waals surface area (Å²) in [5.41, 5.74) is 7.42. The molecule has 0 radical (unpaired) electrons. The largest absolute Gasteiger partial charge is 0.371 e. The summed E-state index contributed by atoms with van der Waals surface area (Å²) in [7, 11) is 0. The molecule has 0 aliphatic rings. The van der Waals surface area contributed by atoms with Crippen LogP contribution in [0.2, 0.25) is 0 Å². The number of rotatable bonds is 3. The number of hydroxylamine groups is 1. The summed E-state index contributed by atoms with van der Waals surface area (Å²) in [5.74, 6) is -0.349. The van der Waals surface area contributed by atoms with Crippen LogP contribution in [0.4, 0.5) is 0 Å². The third kappa shape index (κ3) is 5.39. The first-order valence-corrected chi connectivity index (χ1v) is 2.37. The van der Waals surface area contributed by atoms with E-state index in [2.05, 4.69) is 10.3 Å². The summed E-state index contributed by atoms with van der Waals surface area (Å²) < 4.78 is 0. The maximum atomic E-state index is 9.99. The van der Waals surface area contributed by atoms with Crippen molar-refractivity contribution in [1.82, 2.24) is 5.48 Å². The van der Waals surface area contributed by atoms with Gasteiger partial charge in [-0.15, -0.1) is 0 Å². The Labute approximate surface area is 48.0 Å². The van der Waals surface area contributed by atoms with Gasteiger partial charge in [-0.3, -0.25) is 4.79 Å². The maximum Gasteiger partial charge on any atom is 0.321 e. The van der Waals surface area contributed by atoms with Crippen molar-refractivity contribution < 1.29 is 9.63 Å². The van der Waals surface area contributed by atoms with Gasteiger partial charge in [0.05, 0.1) is 0 Å². The molecule has 0 rings (SSSR count). The molecule has 0 aliphatic carbocycles. The Morgan fingerprint density at radius 3 is 2.88 bits per heavy atom. The van der Waals surface area contributed by atoms with E-state index in [-0.39, 0.29) is 5.97 Å². The topological polar surface area (TPSA) is 64.3 Å². The fraction of sp³-hybridized carbons (Fsp3) is 0.750. The van der Waals surface area contributed by atoms with Crippen LogP contribution in [0.1, 0.15) is 6.92 Å². The van der Waals surface area contributed by atoms with E-state index in [0.717, 1.165) is 0 Å². The monoisotopic (exact) mass is 118 g/mol. The summed E-state index contributed by atoms with van der Waals surface area (Å²) in [4.78, 5) is 14.3. The van der Waals surface area contributed by atoms with E-state index in [0.29, 0.717) is 13.1 Å². The van der Waals surface area contributed by atoms with Crippen molar-refractivity contribution in [2.75, 3.05) is 13.1 Å². The van der Waals surface area contributed by atoms with E-state index >= 15 is 0 Å². The van der Waals surface area contributed by atoms with Crippen molar-refractivity contribution in [1.29, 1.82) is 0 Å². The second-order valence-electron chi connectivity index (χ2n) is 1.28. The van der Waals surface area contributed by atoms with Gasteiger partial charge in [0.15, 0.2) is 0 Å². The Morgan fingerprint density at radius 2 is 2.50 bits per heavy atom. The van der Waals surface area contributed by atoms with Crippen molar-refractivity contribution in [2.45, 2.75) is 6.92 Å². The SMILES string of the molecule is CC(=O)ONCCN. The van der Waals surface area contributed by atoms with Gasteiger partial charge in [0.1, 0.15) is 0 Å². The highest BCUT2D eigenvalue weighted by Gasteiger charge is 1.86. The Balaban J connectivity index is 2.82. The van der Waals surface area contributed by atoms with Crippen LogP contribution in [0, 0.1) is 0 Å². The molecule has 4 nitrogen and oxygen atoms in total. The Kier molecular flexibility index (Phi) is 4.20. The summed E-state index contributed by atoms with van der Waals surface area (Å²) in [6.07, 6.45) is 0. The number of nitrogens with one attached hydrogen (secondary N) is 1. The lowest BCUT2D eigenvalue weighted by Crippen LogP contribution is -2.24. The molecular weight excluding hydrogens is 108 g/mol. The molecule has 0 bridgehead atoms. The van der Waals surface area contributed by atoms with Crippen LogP contribution in [0.25, 0.3) is 0 Å². The van der Waals surface area contributed by atoms with Gasteiger partial charge in [0.2, 0.25) is 0 Å². The van der Waals surface area contributed by atoms with Crippen molar-refractivity contribution in [2.24, 2.45) is 5.73 Å². The molecule has 0 saturated carbocycles. The highest BCUT2D eigenvalue weighted by atomic mass is 16.7. The quantitative estimate of drug-likeness (QED) is 0.369. The fourth-order valence-corrected chi connectivity index (χ4v) is 0.212. The van der Waals surface area contributed by atoms with E-state index in [4.69, 9.17) is 5.73 Å². The second-order valence-corrected chi connectivity index (χ2v) is 1.28. The molecule has 0 atom stereocenters. The third-order valence-corrected chi connectivity index (χ3v) is 0.462. The Hall–Kier alpha value is -0.610. The van der Waals surface area contributed by atoms with Crippen LogP contribution in [0.3, 0.4) is 0 Å². The first-order valence-electron chi connectivity index (χ1n) is 2.37. The van der Waals surface area contributed by atoms with Gasteiger partial charge in [-0.05, 0) is 0 Å². The molecular formula is C4H10N2O2. The van der Waals surface area contributed by atoms with Gasteiger partial charge in [-0.2, -0.15) is 5.48 Å². The van der Waals surface area contributed by atoms with Gasteiger partial charge < -0.3 is 10.6 Å². The second kappa shape index (κ2) is 4.55. The van der Waals surface area contributed by atoms with Crippen molar-refractivity contribution in [3.05, 3.63) is 0 Å². The zero-order valence-electron chi connectivity index (χ0n) is 4.81. The molecule has 0 spiro atoms. The van der Waals surface area contributed by atoms with Gasteiger partial charge >= 0.3 is 5.97 Å². The molecule has 0 amide bonds. The number of hydrogen-bond donors (Lipinski definition) is 2. The number of carbonyl (C=O) groups excluding carboxylic acids is 1. The Bertz CT molecular complexity index is 74.4. The zero-order chi connectivity index (χ0) is 6.41. The third-order valence-electron chi connectivity index (χ3n) is 0.462. The minimum atomic E-state index is -0.349. The molecule has 0 aromatic rings. The summed E-state index contributed by atoms with van der Waals surface area (Å²) >= 11 is 0. The minimum Gasteiger partial charge on any atom is -0.371 e. The van der Waals surface area contributed by atoms with Gasteiger partial charge in [-0.25, -0.2) is 0 Å². The molecule has 0 aromatic heterocycles.